The molecule has 1 unspecified atom stereocenters. The molecule has 0 spiro atoms. The molecule has 2 nitrogen and oxygen atoms in total. The van der Waals surface area contributed by atoms with E-state index in [4.69, 9.17) is 5.73 Å². The Hall–Kier alpha value is -0.710. The highest BCUT2D eigenvalue weighted by molar-refractivity contribution is 9.10. The molecule has 1 heterocycles. The third kappa shape index (κ3) is 3.15. The molecule has 0 amide bonds. The van der Waals surface area contributed by atoms with Crippen molar-refractivity contribution in [2.24, 2.45) is 5.73 Å². The van der Waals surface area contributed by atoms with Crippen LogP contribution < -0.4 is 5.73 Å². The first-order chi connectivity index (χ1) is 8.06. The van der Waals surface area contributed by atoms with Crippen LogP contribution in [0.1, 0.15) is 18.2 Å². The summed E-state index contributed by atoms with van der Waals surface area (Å²) in [5.41, 5.74) is 9.31. The Morgan fingerprint density at radius 1 is 1.47 bits per heavy atom. The van der Waals surface area contributed by atoms with Crippen molar-refractivity contribution < 1.29 is 0 Å². The van der Waals surface area contributed by atoms with Gasteiger partial charge in [0.1, 0.15) is 5.01 Å². The van der Waals surface area contributed by atoms with E-state index >= 15 is 0 Å². The van der Waals surface area contributed by atoms with Gasteiger partial charge in [0, 0.05) is 27.9 Å². The quantitative estimate of drug-likeness (QED) is 0.937. The first-order valence-corrected chi connectivity index (χ1v) is 7.20. The van der Waals surface area contributed by atoms with E-state index in [1.165, 1.54) is 11.1 Å². The number of aryl methyl sites for hydroxylation is 1. The fraction of sp³-hybridized carbons (Fsp3) is 0.308. The molecular formula is C13H15BrN2S. The highest BCUT2D eigenvalue weighted by Crippen LogP contribution is 2.29. The van der Waals surface area contributed by atoms with Crippen molar-refractivity contribution in [3.05, 3.63) is 39.3 Å². The number of nitrogens with zero attached hydrogens (tertiary/aromatic N) is 1. The van der Waals surface area contributed by atoms with Crippen molar-refractivity contribution in [2.45, 2.75) is 26.3 Å². The Kier molecular flexibility index (Phi) is 3.97. The minimum atomic E-state index is 0.161. The number of rotatable bonds is 3. The summed E-state index contributed by atoms with van der Waals surface area (Å²) in [5.74, 6) is 0. The summed E-state index contributed by atoms with van der Waals surface area (Å²) in [6, 6.07) is 6.43. The summed E-state index contributed by atoms with van der Waals surface area (Å²) >= 11 is 5.18. The van der Waals surface area contributed by atoms with Crippen LogP contribution in [0.3, 0.4) is 0 Å². The lowest BCUT2D eigenvalue weighted by molar-refractivity contribution is 0.726. The van der Waals surface area contributed by atoms with E-state index in [1.54, 1.807) is 11.3 Å². The zero-order valence-corrected chi connectivity index (χ0v) is 12.3. The van der Waals surface area contributed by atoms with Crippen LogP contribution in [0.25, 0.3) is 10.6 Å². The average Bonchev–Trinajstić information content (AvgIpc) is 2.69. The van der Waals surface area contributed by atoms with Crippen molar-refractivity contribution in [3.8, 4) is 10.6 Å². The molecule has 0 aliphatic carbocycles. The highest BCUT2D eigenvalue weighted by atomic mass is 79.9. The lowest BCUT2D eigenvalue weighted by Crippen LogP contribution is -2.17. The molecule has 2 rings (SSSR count). The fourth-order valence-electron chi connectivity index (χ4n) is 1.68. The first-order valence-electron chi connectivity index (χ1n) is 5.53. The van der Waals surface area contributed by atoms with Crippen molar-refractivity contribution >= 4 is 27.3 Å². The maximum absolute atomic E-state index is 5.78. The minimum Gasteiger partial charge on any atom is -0.328 e. The topological polar surface area (TPSA) is 38.9 Å². The van der Waals surface area contributed by atoms with E-state index in [0.29, 0.717) is 0 Å². The van der Waals surface area contributed by atoms with Crippen LogP contribution in [-0.2, 0) is 6.42 Å². The van der Waals surface area contributed by atoms with Crippen LogP contribution in [0.2, 0.25) is 0 Å². The van der Waals surface area contributed by atoms with Crippen molar-refractivity contribution in [1.82, 2.24) is 4.98 Å². The molecule has 17 heavy (non-hydrogen) atoms. The standard InChI is InChI=1S/C13H15BrN2S/c1-8-3-4-10(14)6-12(8)13-16-11(7-17-13)5-9(2)15/h3-4,6-7,9H,5,15H2,1-2H3. The van der Waals surface area contributed by atoms with Gasteiger partial charge in [0.25, 0.3) is 0 Å². The van der Waals surface area contributed by atoms with Gasteiger partial charge in [0.2, 0.25) is 0 Å². The monoisotopic (exact) mass is 310 g/mol. The predicted octanol–water partition coefficient (Wildman–Crippen LogP) is 3.77. The van der Waals surface area contributed by atoms with Crippen LogP contribution in [0, 0.1) is 6.92 Å². The third-order valence-corrected chi connectivity index (χ3v) is 3.93. The number of thiazole rings is 1. The van der Waals surface area contributed by atoms with Crippen molar-refractivity contribution in [3.63, 3.8) is 0 Å². The van der Waals surface area contributed by atoms with Crippen LogP contribution >= 0.6 is 27.3 Å². The normalized spacial score (nSPS) is 12.7. The van der Waals surface area contributed by atoms with E-state index in [9.17, 15) is 0 Å². The number of halogens is 1. The lowest BCUT2D eigenvalue weighted by Gasteiger charge is -2.03. The van der Waals surface area contributed by atoms with Gasteiger partial charge in [-0.2, -0.15) is 0 Å². The summed E-state index contributed by atoms with van der Waals surface area (Å²) in [6.07, 6.45) is 0.837. The zero-order valence-electron chi connectivity index (χ0n) is 9.90. The number of aromatic nitrogens is 1. The number of benzene rings is 1. The van der Waals surface area contributed by atoms with Crippen molar-refractivity contribution in [2.75, 3.05) is 0 Å². The molecule has 1 aromatic carbocycles. The van der Waals surface area contributed by atoms with Gasteiger partial charge < -0.3 is 5.73 Å². The summed E-state index contributed by atoms with van der Waals surface area (Å²) in [7, 11) is 0. The molecule has 1 atom stereocenters. The maximum atomic E-state index is 5.78. The van der Waals surface area contributed by atoms with Crippen LogP contribution in [0.4, 0.5) is 0 Å². The molecule has 2 aromatic rings. The SMILES string of the molecule is Cc1ccc(Br)cc1-c1nc(CC(C)N)cs1. The second-order valence-corrected chi connectivity index (χ2v) is 6.06. The van der Waals surface area contributed by atoms with Crippen LogP contribution in [-0.4, -0.2) is 11.0 Å². The second kappa shape index (κ2) is 5.29. The lowest BCUT2D eigenvalue weighted by atomic mass is 10.1. The highest BCUT2D eigenvalue weighted by Gasteiger charge is 2.09. The first kappa shape index (κ1) is 12.7. The van der Waals surface area contributed by atoms with E-state index < -0.39 is 0 Å². The van der Waals surface area contributed by atoms with Gasteiger partial charge in [0.15, 0.2) is 0 Å². The van der Waals surface area contributed by atoms with Crippen LogP contribution in [0.5, 0.6) is 0 Å². The third-order valence-electron chi connectivity index (χ3n) is 2.51. The Morgan fingerprint density at radius 3 is 2.94 bits per heavy atom. The summed E-state index contributed by atoms with van der Waals surface area (Å²) in [6.45, 7) is 4.11. The maximum Gasteiger partial charge on any atom is 0.123 e. The van der Waals surface area contributed by atoms with Crippen LogP contribution in [0.15, 0.2) is 28.1 Å². The second-order valence-electron chi connectivity index (χ2n) is 4.28. The molecule has 0 aliphatic rings. The summed E-state index contributed by atoms with van der Waals surface area (Å²) in [4.78, 5) is 4.64. The molecule has 0 radical (unpaired) electrons. The number of nitrogens with two attached hydrogens (primary N) is 1. The number of hydrogen-bond acceptors (Lipinski definition) is 3. The van der Waals surface area contributed by atoms with Gasteiger partial charge in [-0.3, -0.25) is 0 Å². The Morgan fingerprint density at radius 2 is 2.24 bits per heavy atom. The fourth-order valence-corrected chi connectivity index (χ4v) is 2.95. The zero-order chi connectivity index (χ0) is 12.4. The minimum absolute atomic E-state index is 0.161. The van der Waals surface area contributed by atoms with Gasteiger partial charge in [0.05, 0.1) is 5.69 Å². The largest absolute Gasteiger partial charge is 0.328 e. The van der Waals surface area contributed by atoms with Crippen molar-refractivity contribution in [1.29, 1.82) is 0 Å². The molecule has 0 fully saturated rings. The van der Waals surface area contributed by atoms with Gasteiger partial charge in [-0.15, -0.1) is 11.3 Å². The van der Waals surface area contributed by atoms with Gasteiger partial charge in [-0.1, -0.05) is 22.0 Å². The van der Waals surface area contributed by atoms with E-state index in [1.807, 2.05) is 6.92 Å². The molecule has 90 valence electrons. The summed E-state index contributed by atoms with van der Waals surface area (Å²) in [5, 5.41) is 3.17. The smallest absolute Gasteiger partial charge is 0.123 e. The van der Waals surface area contributed by atoms with Gasteiger partial charge >= 0.3 is 0 Å². The Bertz CT molecular complexity index is 520. The molecule has 0 saturated heterocycles. The molecule has 0 saturated carbocycles. The molecule has 2 N–H and O–H groups in total. The molecule has 4 heteroatoms. The van der Waals surface area contributed by atoms with E-state index in [2.05, 4.69) is 51.4 Å². The Balaban J connectivity index is 2.33. The molecule has 0 aliphatic heterocycles. The molecule has 0 bridgehead atoms. The predicted molar refractivity (Wildman–Crippen MR) is 77.3 cm³/mol. The van der Waals surface area contributed by atoms with Gasteiger partial charge in [-0.05, 0) is 31.5 Å². The summed E-state index contributed by atoms with van der Waals surface area (Å²) < 4.78 is 1.09. The van der Waals surface area contributed by atoms with E-state index in [0.717, 1.165) is 21.6 Å². The average molecular weight is 311 g/mol. The molecular weight excluding hydrogens is 296 g/mol. The van der Waals surface area contributed by atoms with Gasteiger partial charge in [-0.25, -0.2) is 4.98 Å². The van der Waals surface area contributed by atoms with E-state index in [-0.39, 0.29) is 6.04 Å². The Labute approximate surface area is 114 Å². The number of hydrogen-bond donors (Lipinski definition) is 1. The molecule has 1 aromatic heterocycles.